The number of hydrogen-bond acceptors (Lipinski definition) is 7. The highest BCUT2D eigenvalue weighted by Crippen LogP contribution is 2.13. The van der Waals surface area contributed by atoms with Crippen molar-refractivity contribution in [2.75, 3.05) is 33.0 Å². The maximum atomic E-state index is 11.3. The molecule has 1 aliphatic heterocycles. The molecular weight excluding hydrogens is 280 g/mol. The van der Waals surface area contributed by atoms with Crippen molar-refractivity contribution >= 4 is 12.1 Å². The van der Waals surface area contributed by atoms with Gasteiger partial charge in [0.25, 0.3) is 0 Å². The van der Waals surface area contributed by atoms with Crippen LogP contribution in [0.1, 0.15) is 39.0 Å². The van der Waals surface area contributed by atoms with Crippen LogP contribution in [0.4, 0.5) is 4.79 Å². The summed E-state index contributed by atoms with van der Waals surface area (Å²) in [5.74, 6) is -0.438. The molecule has 1 atom stereocenters. The largest absolute Gasteiger partial charge is 0.508 e. The fraction of sp³-hybridized carbons (Fsp3) is 0.857. The summed E-state index contributed by atoms with van der Waals surface area (Å²) in [7, 11) is 0. The van der Waals surface area contributed by atoms with Gasteiger partial charge in [-0.15, -0.1) is 0 Å². The number of rotatable bonds is 9. The molecule has 0 aromatic rings. The summed E-state index contributed by atoms with van der Waals surface area (Å²) < 4.78 is 25.1. The van der Waals surface area contributed by atoms with Crippen LogP contribution in [0.3, 0.4) is 0 Å². The molecule has 1 fully saturated rings. The van der Waals surface area contributed by atoms with Crippen molar-refractivity contribution < 1.29 is 33.3 Å². The Kier molecular flexibility index (Phi) is 9.56. The molecule has 0 aromatic heterocycles. The van der Waals surface area contributed by atoms with Gasteiger partial charge in [0.05, 0.1) is 19.6 Å². The van der Waals surface area contributed by atoms with Crippen molar-refractivity contribution in [3.8, 4) is 0 Å². The molecule has 0 bridgehead atoms. The summed E-state index contributed by atoms with van der Waals surface area (Å²) in [5.41, 5.74) is 0. The van der Waals surface area contributed by atoms with Crippen LogP contribution in [-0.2, 0) is 28.5 Å². The Morgan fingerprint density at radius 3 is 2.57 bits per heavy atom. The van der Waals surface area contributed by atoms with Crippen molar-refractivity contribution in [3.63, 3.8) is 0 Å². The van der Waals surface area contributed by atoms with Gasteiger partial charge in [-0.25, -0.2) is 4.79 Å². The Morgan fingerprint density at radius 1 is 1.05 bits per heavy atom. The summed E-state index contributed by atoms with van der Waals surface area (Å²) in [5, 5.41) is 0. The zero-order valence-electron chi connectivity index (χ0n) is 12.5. The fourth-order valence-electron chi connectivity index (χ4n) is 1.69. The molecule has 1 aliphatic rings. The van der Waals surface area contributed by atoms with E-state index >= 15 is 0 Å². The third kappa shape index (κ3) is 9.25. The minimum absolute atomic E-state index is 0.00114. The minimum atomic E-state index is -0.762. The fourth-order valence-corrected chi connectivity index (χ4v) is 1.69. The normalized spacial score (nSPS) is 18.0. The maximum Gasteiger partial charge on any atom is 0.508 e. The van der Waals surface area contributed by atoms with Crippen LogP contribution in [0.15, 0.2) is 0 Å². The second-order valence-corrected chi connectivity index (χ2v) is 4.58. The van der Waals surface area contributed by atoms with Gasteiger partial charge in [0.2, 0.25) is 0 Å². The number of esters is 1. The summed E-state index contributed by atoms with van der Waals surface area (Å²) in [4.78, 5) is 22.3. The maximum absolute atomic E-state index is 11.3. The molecule has 21 heavy (non-hydrogen) atoms. The van der Waals surface area contributed by atoms with E-state index in [0.29, 0.717) is 13.2 Å². The lowest BCUT2D eigenvalue weighted by Gasteiger charge is -2.22. The van der Waals surface area contributed by atoms with E-state index in [1.165, 1.54) is 0 Å². The van der Waals surface area contributed by atoms with Crippen LogP contribution in [0.2, 0.25) is 0 Å². The molecular formula is C14H24O7. The molecule has 0 spiro atoms. The minimum Gasteiger partial charge on any atom is -0.463 e. The Hall–Kier alpha value is -1.34. The highest BCUT2D eigenvalue weighted by atomic mass is 16.7. The molecule has 1 heterocycles. The third-order valence-electron chi connectivity index (χ3n) is 2.74. The predicted molar refractivity (Wildman–Crippen MR) is 72.7 cm³/mol. The Bertz CT molecular complexity index is 300. The van der Waals surface area contributed by atoms with Crippen LogP contribution < -0.4 is 0 Å². The van der Waals surface area contributed by atoms with Gasteiger partial charge in [-0.1, -0.05) is 6.92 Å². The average molecular weight is 304 g/mol. The molecule has 1 rings (SSSR count). The quantitative estimate of drug-likeness (QED) is 0.476. The average Bonchev–Trinajstić information content (AvgIpc) is 2.50. The summed E-state index contributed by atoms with van der Waals surface area (Å²) in [6, 6.07) is 0. The number of ether oxygens (including phenoxy) is 5. The summed E-state index contributed by atoms with van der Waals surface area (Å²) in [6.07, 6.45) is 2.81. The highest BCUT2D eigenvalue weighted by Gasteiger charge is 2.14. The Balaban J connectivity index is 1.92. The molecule has 7 heteroatoms. The lowest BCUT2D eigenvalue weighted by atomic mass is 10.2. The Morgan fingerprint density at radius 2 is 1.86 bits per heavy atom. The van der Waals surface area contributed by atoms with Gasteiger partial charge in [-0.05, 0) is 25.7 Å². The lowest BCUT2D eigenvalue weighted by Crippen LogP contribution is -2.24. The van der Waals surface area contributed by atoms with E-state index in [9.17, 15) is 9.59 Å². The molecule has 1 unspecified atom stereocenters. The summed E-state index contributed by atoms with van der Waals surface area (Å²) >= 11 is 0. The SMILES string of the molecule is CCCOC(=O)OCCC(=O)OCCOC1CCCCO1. The topological polar surface area (TPSA) is 80.3 Å². The van der Waals surface area contributed by atoms with Gasteiger partial charge in [-0.2, -0.15) is 0 Å². The zero-order chi connectivity index (χ0) is 15.3. The molecule has 0 amide bonds. The van der Waals surface area contributed by atoms with E-state index in [1.807, 2.05) is 6.92 Å². The van der Waals surface area contributed by atoms with Crippen LogP contribution in [0, 0.1) is 0 Å². The van der Waals surface area contributed by atoms with Crippen molar-refractivity contribution in [2.24, 2.45) is 0 Å². The number of carbonyl (C=O) groups is 2. The monoisotopic (exact) mass is 304 g/mol. The highest BCUT2D eigenvalue weighted by molar-refractivity contribution is 5.70. The van der Waals surface area contributed by atoms with Crippen molar-refractivity contribution in [1.29, 1.82) is 0 Å². The smallest absolute Gasteiger partial charge is 0.463 e. The first-order valence-electron chi connectivity index (χ1n) is 7.40. The van der Waals surface area contributed by atoms with Crippen molar-refractivity contribution in [1.82, 2.24) is 0 Å². The van der Waals surface area contributed by atoms with Gasteiger partial charge in [0.1, 0.15) is 13.2 Å². The Labute approximate surface area is 124 Å². The van der Waals surface area contributed by atoms with Gasteiger partial charge >= 0.3 is 12.1 Å². The second kappa shape index (κ2) is 11.3. The second-order valence-electron chi connectivity index (χ2n) is 4.58. The van der Waals surface area contributed by atoms with Crippen LogP contribution in [0.25, 0.3) is 0 Å². The third-order valence-corrected chi connectivity index (χ3v) is 2.74. The van der Waals surface area contributed by atoms with E-state index in [1.54, 1.807) is 0 Å². The van der Waals surface area contributed by atoms with Crippen LogP contribution in [-0.4, -0.2) is 51.4 Å². The molecule has 0 N–H and O–H groups in total. The van der Waals surface area contributed by atoms with Gasteiger partial charge in [0, 0.05) is 6.61 Å². The van der Waals surface area contributed by atoms with Crippen LogP contribution in [0.5, 0.6) is 0 Å². The number of hydrogen-bond donors (Lipinski definition) is 0. The molecule has 0 saturated carbocycles. The first-order chi connectivity index (χ1) is 10.2. The molecule has 0 aliphatic carbocycles. The van der Waals surface area contributed by atoms with Crippen molar-refractivity contribution in [3.05, 3.63) is 0 Å². The van der Waals surface area contributed by atoms with E-state index in [2.05, 4.69) is 0 Å². The zero-order valence-corrected chi connectivity index (χ0v) is 12.5. The van der Waals surface area contributed by atoms with E-state index < -0.39 is 12.1 Å². The molecule has 0 radical (unpaired) electrons. The number of carbonyl (C=O) groups excluding carboxylic acids is 2. The van der Waals surface area contributed by atoms with Gasteiger partial charge in [0.15, 0.2) is 6.29 Å². The van der Waals surface area contributed by atoms with Gasteiger partial charge < -0.3 is 23.7 Å². The van der Waals surface area contributed by atoms with Crippen LogP contribution >= 0.6 is 0 Å². The van der Waals surface area contributed by atoms with Gasteiger partial charge in [-0.3, -0.25) is 4.79 Å². The molecule has 7 nitrogen and oxygen atoms in total. The molecule has 1 saturated heterocycles. The standard InChI is InChI=1S/C14H24O7/c1-2-7-20-14(16)21-9-6-12(15)17-10-11-19-13-5-3-4-8-18-13/h13H,2-11H2,1H3. The van der Waals surface area contributed by atoms with E-state index in [4.69, 9.17) is 23.7 Å². The van der Waals surface area contributed by atoms with Crippen molar-refractivity contribution in [2.45, 2.75) is 45.3 Å². The predicted octanol–water partition coefficient (Wildman–Crippen LogP) is 2.03. The first kappa shape index (κ1) is 17.7. The van der Waals surface area contributed by atoms with E-state index in [0.717, 1.165) is 32.3 Å². The summed E-state index contributed by atoms with van der Waals surface area (Å²) in [6.45, 7) is 3.33. The molecule has 122 valence electrons. The van der Waals surface area contributed by atoms with E-state index in [-0.39, 0.29) is 25.9 Å². The first-order valence-corrected chi connectivity index (χ1v) is 7.40. The molecule has 0 aromatic carbocycles. The lowest BCUT2D eigenvalue weighted by molar-refractivity contribution is -0.174.